The molecule has 0 aliphatic carbocycles. The molecule has 1 fully saturated rings. The van der Waals surface area contributed by atoms with E-state index in [-0.39, 0.29) is 12.1 Å². The molecule has 1 unspecified atom stereocenters. The van der Waals surface area contributed by atoms with Gasteiger partial charge in [0.2, 0.25) is 0 Å². The van der Waals surface area contributed by atoms with Gasteiger partial charge >= 0.3 is 6.03 Å². The monoisotopic (exact) mass is 239 g/mol. The molecule has 0 aromatic carbocycles. The summed E-state index contributed by atoms with van der Waals surface area (Å²) in [4.78, 5) is 13.7. The highest BCUT2D eigenvalue weighted by Gasteiger charge is 2.25. The van der Waals surface area contributed by atoms with E-state index < -0.39 is 0 Å². The van der Waals surface area contributed by atoms with Crippen molar-refractivity contribution in [2.45, 2.75) is 26.3 Å². The number of aromatic nitrogens is 1. The van der Waals surface area contributed by atoms with E-state index in [0.717, 1.165) is 6.42 Å². The topological polar surface area (TPSA) is 67.6 Å². The summed E-state index contributed by atoms with van der Waals surface area (Å²) in [7, 11) is 1.77. The smallest absolute Gasteiger partial charge is 0.322 e. The van der Waals surface area contributed by atoms with E-state index in [1.165, 1.54) is 0 Å². The zero-order valence-electron chi connectivity index (χ0n) is 10.3. The lowest BCUT2D eigenvalue weighted by Crippen LogP contribution is -2.40. The van der Waals surface area contributed by atoms with E-state index in [1.807, 2.05) is 0 Å². The van der Waals surface area contributed by atoms with Crippen LogP contribution in [-0.4, -0.2) is 42.4 Å². The van der Waals surface area contributed by atoms with Gasteiger partial charge in [0.1, 0.15) is 11.4 Å². The van der Waals surface area contributed by atoms with Gasteiger partial charge in [-0.05, 0) is 20.3 Å². The first kappa shape index (κ1) is 11.9. The Bertz CT molecular complexity index is 391. The normalized spacial score (nSPS) is 19.4. The maximum atomic E-state index is 12.0. The van der Waals surface area contributed by atoms with Crippen LogP contribution in [0.5, 0.6) is 0 Å². The van der Waals surface area contributed by atoms with E-state index in [9.17, 15) is 4.79 Å². The highest BCUT2D eigenvalue weighted by Crippen LogP contribution is 2.20. The highest BCUT2D eigenvalue weighted by atomic mass is 16.5. The number of anilines is 1. The third-order valence-corrected chi connectivity index (χ3v) is 3.04. The van der Waals surface area contributed by atoms with Gasteiger partial charge < -0.3 is 19.5 Å². The summed E-state index contributed by atoms with van der Waals surface area (Å²) in [5.74, 6) is 0.618. The number of hydrogen-bond acceptors (Lipinski definition) is 4. The Hall–Kier alpha value is -1.56. The summed E-state index contributed by atoms with van der Waals surface area (Å²) in [6.45, 7) is 4.89. The number of urea groups is 1. The molecule has 94 valence electrons. The van der Waals surface area contributed by atoms with Crippen LogP contribution < -0.4 is 5.32 Å². The largest absolute Gasteiger partial charge is 0.379 e. The van der Waals surface area contributed by atoms with Crippen molar-refractivity contribution < 1.29 is 14.1 Å². The van der Waals surface area contributed by atoms with E-state index in [1.54, 1.807) is 25.8 Å². The fourth-order valence-corrected chi connectivity index (χ4v) is 1.85. The van der Waals surface area contributed by atoms with Crippen LogP contribution in [0.4, 0.5) is 10.5 Å². The molecule has 0 saturated carbocycles. The fraction of sp³-hybridized carbons (Fsp3) is 0.636. The molecular weight excluding hydrogens is 222 g/mol. The summed E-state index contributed by atoms with van der Waals surface area (Å²) in [6.07, 6.45) is 0.880. The van der Waals surface area contributed by atoms with Crippen molar-refractivity contribution in [1.82, 2.24) is 10.1 Å². The summed E-state index contributed by atoms with van der Waals surface area (Å²) >= 11 is 0. The molecule has 1 aromatic rings. The number of amides is 2. The van der Waals surface area contributed by atoms with Crippen LogP contribution in [0.15, 0.2) is 4.52 Å². The lowest BCUT2D eigenvalue weighted by molar-refractivity contribution is 0.164. The number of ether oxygens (including phenoxy) is 1. The van der Waals surface area contributed by atoms with Crippen molar-refractivity contribution in [3.63, 3.8) is 0 Å². The summed E-state index contributed by atoms with van der Waals surface area (Å²) in [5.41, 5.74) is 1.34. The van der Waals surface area contributed by atoms with Gasteiger partial charge in [0, 0.05) is 13.7 Å². The Kier molecular flexibility index (Phi) is 3.33. The second kappa shape index (κ2) is 4.75. The quantitative estimate of drug-likeness (QED) is 0.850. The van der Waals surface area contributed by atoms with Crippen molar-refractivity contribution in [2.24, 2.45) is 0 Å². The van der Waals surface area contributed by atoms with Gasteiger partial charge in [-0.25, -0.2) is 4.79 Å². The summed E-state index contributed by atoms with van der Waals surface area (Å²) in [6, 6.07) is -0.00891. The van der Waals surface area contributed by atoms with Gasteiger partial charge in [-0.1, -0.05) is 5.16 Å². The van der Waals surface area contributed by atoms with Crippen LogP contribution >= 0.6 is 0 Å². The molecule has 6 heteroatoms. The van der Waals surface area contributed by atoms with Gasteiger partial charge in [-0.3, -0.25) is 0 Å². The third kappa shape index (κ3) is 2.41. The molecule has 1 aliphatic heterocycles. The Balaban J connectivity index is 2.01. The molecule has 6 nitrogen and oxygen atoms in total. The minimum Gasteiger partial charge on any atom is -0.379 e. The van der Waals surface area contributed by atoms with Crippen LogP contribution in [-0.2, 0) is 4.74 Å². The zero-order valence-corrected chi connectivity index (χ0v) is 10.3. The van der Waals surface area contributed by atoms with Gasteiger partial charge in [0.05, 0.1) is 12.6 Å². The first-order chi connectivity index (χ1) is 8.09. The van der Waals surface area contributed by atoms with E-state index in [0.29, 0.717) is 30.4 Å². The number of carbonyl (C=O) groups is 1. The van der Waals surface area contributed by atoms with E-state index in [2.05, 4.69) is 10.5 Å². The lowest BCUT2D eigenvalue weighted by Gasteiger charge is -2.23. The summed E-state index contributed by atoms with van der Waals surface area (Å²) < 4.78 is 10.3. The van der Waals surface area contributed by atoms with Crippen molar-refractivity contribution in [2.75, 3.05) is 25.6 Å². The first-order valence-electron chi connectivity index (χ1n) is 5.64. The number of nitrogens with one attached hydrogen (secondary N) is 1. The van der Waals surface area contributed by atoms with Gasteiger partial charge in [-0.15, -0.1) is 0 Å². The average molecular weight is 239 g/mol. The van der Waals surface area contributed by atoms with Crippen LogP contribution in [0.2, 0.25) is 0 Å². The van der Waals surface area contributed by atoms with E-state index >= 15 is 0 Å². The number of rotatable bonds is 2. The molecule has 17 heavy (non-hydrogen) atoms. The molecule has 2 amide bonds. The predicted molar refractivity (Wildman–Crippen MR) is 62.0 cm³/mol. The van der Waals surface area contributed by atoms with Crippen molar-refractivity contribution >= 4 is 11.7 Å². The van der Waals surface area contributed by atoms with Crippen LogP contribution in [0.3, 0.4) is 0 Å². The Morgan fingerprint density at radius 3 is 2.82 bits per heavy atom. The Labute approximate surface area is 99.9 Å². The molecule has 1 aromatic heterocycles. The molecular formula is C11H17N3O3. The predicted octanol–water partition coefficient (Wildman–Crippen LogP) is 1.54. The Morgan fingerprint density at radius 2 is 2.29 bits per heavy atom. The molecule has 0 bridgehead atoms. The SMILES string of the molecule is Cc1noc(C)c1NC(=O)N(C)C1CCOC1. The number of carbonyl (C=O) groups excluding carboxylic acids is 1. The number of nitrogens with zero attached hydrogens (tertiary/aromatic N) is 2. The molecule has 1 aliphatic rings. The van der Waals surface area contributed by atoms with Crippen LogP contribution in [0, 0.1) is 13.8 Å². The minimum absolute atomic E-state index is 0.149. The second-order valence-corrected chi connectivity index (χ2v) is 4.26. The van der Waals surface area contributed by atoms with Crippen molar-refractivity contribution in [3.05, 3.63) is 11.5 Å². The second-order valence-electron chi connectivity index (χ2n) is 4.26. The molecule has 2 rings (SSSR count). The zero-order chi connectivity index (χ0) is 12.4. The molecule has 1 N–H and O–H groups in total. The van der Waals surface area contributed by atoms with Crippen molar-refractivity contribution in [3.8, 4) is 0 Å². The average Bonchev–Trinajstić information content (AvgIpc) is 2.93. The summed E-state index contributed by atoms with van der Waals surface area (Å²) in [5, 5.41) is 6.60. The highest BCUT2D eigenvalue weighted by molar-refractivity contribution is 5.90. The Morgan fingerprint density at radius 1 is 1.53 bits per heavy atom. The minimum atomic E-state index is -0.157. The lowest BCUT2D eigenvalue weighted by atomic mass is 10.2. The first-order valence-corrected chi connectivity index (χ1v) is 5.64. The maximum absolute atomic E-state index is 12.0. The molecule has 1 atom stereocenters. The molecule has 0 spiro atoms. The molecule has 2 heterocycles. The van der Waals surface area contributed by atoms with Crippen molar-refractivity contribution in [1.29, 1.82) is 0 Å². The number of likely N-dealkylation sites (N-methyl/N-ethyl adjacent to an activating group) is 1. The van der Waals surface area contributed by atoms with Gasteiger partial charge in [-0.2, -0.15) is 0 Å². The third-order valence-electron chi connectivity index (χ3n) is 3.04. The number of hydrogen-bond donors (Lipinski definition) is 1. The van der Waals surface area contributed by atoms with E-state index in [4.69, 9.17) is 9.26 Å². The molecule has 1 saturated heterocycles. The standard InChI is InChI=1S/C11H17N3O3/c1-7-10(8(2)17-13-7)12-11(15)14(3)9-4-5-16-6-9/h9H,4-6H2,1-3H3,(H,12,15). The van der Waals surface area contributed by atoms with Crippen LogP contribution in [0.1, 0.15) is 17.9 Å². The number of aryl methyl sites for hydroxylation is 2. The van der Waals surface area contributed by atoms with Crippen LogP contribution in [0.25, 0.3) is 0 Å². The fourth-order valence-electron chi connectivity index (χ4n) is 1.85. The molecule has 0 radical (unpaired) electrons. The van der Waals surface area contributed by atoms with Gasteiger partial charge in [0.15, 0.2) is 5.76 Å². The maximum Gasteiger partial charge on any atom is 0.322 e. The van der Waals surface area contributed by atoms with Gasteiger partial charge in [0.25, 0.3) is 0 Å².